The van der Waals surface area contributed by atoms with E-state index in [0.29, 0.717) is 0 Å². The second-order valence-corrected chi connectivity index (χ2v) is 16.9. The van der Waals surface area contributed by atoms with Gasteiger partial charge in [0.05, 0.1) is 34.1 Å². The van der Waals surface area contributed by atoms with E-state index in [-0.39, 0.29) is 24.8 Å². The van der Waals surface area contributed by atoms with E-state index in [1.165, 1.54) is 56.4 Å². The fourth-order valence-electron chi connectivity index (χ4n) is 11.1. The van der Waals surface area contributed by atoms with Gasteiger partial charge in [-0.15, -0.1) is 0 Å². The molecule has 0 saturated heterocycles. The minimum atomic E-state index is -0.384. The summed E-state index contributed by atoms with van der Waals surface area (Å²) in [5.74, 6) is 3.48. The van der Waals surface area contributed by atoms with Crippen LogP contribution in [0, 0.1) is 0 Å². The molecular formula is C48H36B2N4O2. The lowest BCUT2D eigenvalue weighted by Crippen LogP contribution is -2.55. The van der Waals surface area contributed by atoms with E-state index in [9.17, 15) is 0 Å². The first-order valence-corrected chi connectivity index (χ1v) is 19.7. The number of fused-ring (bicyclic) bond motifs is 20. The summed E-state index contributed by atoms with van der Waals surface area (Å²) in [7, 11) is 0. The quantitative estimate of drug-likeness (QED) is 0.145. The third-order valence-corrected chi connectivity index (χ3v) is 13.3. The molecule has 7 aromatic carbocycles. The molecule has 0 atom stereocenters. The second kappa shape index (κ2) is 10.2. The van der Waals surface area contributed by atoms with Crippen molar-refractivity contribution in [3.8, 4) is 23.0 Å². The molecule has 0 bridgehead atoms. The molecule has 6 aliphatic heterocycles. The molecule has 8 heteroatoms. The zero-order valence-electron chi connectivity index (χ0n) is 31.6. The summed E-state index contributed by atoms with van der Waals surface area (Å²) in [5, 5.41) is 0. The van der Waals surface area contributed by atoms with Crippen LogP contribution in [0.15, 0.2) is 146 Å². The normalized spacial score (nSPS) is 17.3. The topological polar surface area (TPSA) is 31.4 Å². The van der Waals surface area contributed by atoms with Crippen LogP contribution in [0.4, 0.5) is 45.5 Å². The molecule has 0 spiro atoms. The monoisotopic (exact) mass is 722 g/mol. The molecule has 6 nitrogen and oxygen atoms in total. The summed E-state index contributed by atoms with van der Waals surface area (Å²) in [5.41, 5.74) is 16.4. The van der Waals surface area contributed by atoms with Crippen molar-refractivity contribution in [1.82, 2.24) is 0 Å². The molecule has 0 aromatic heterocycles. The minimum absolute atomic E-state index is 0.197. The number of para-hydroxylation sites is 8. The van der Waals surface area contributed by atoms with Crippen molar-refractivity contribution in [3.63, 3.8) is 0 Å². The van der Waals surface area contributed by atoms with Crippen LogP contribution in [0.5, 0.6) is 23.0 Å². The second-order valence-electron chi connectivity index (χ2n) is 16.9. The third-order valence-electron chi connectivity index (χ3n) is 13.3. The Morgan fingerprint density at radius 3 is 1.07 bits per heavy atom. The molecule has 0 fully saturated rings. The maximum atomic E-state index is 6.90. The summed E-state index contributed by atoms with van der Waals surface area (Å²) < 4.78 is 13.8. The highest BCUT2D eigenvalue weighted by molar-refractivity contribution is 6.87. The molecule has 7 aromatic rings. The predicted octanol–water partition coefficient (Wildman–Crippen LogP) is 10.5. The Kier molecular flexibility index (Phi) is 5.60. The van der Waals surface area contributed by atoms with Crippen LogP contribution in [0.1, 0.15) is 49.9 Å². The molecule has 0 unspecified atom stereocenters. The molecule has 56 heavy (non-hydrogen) atoms. The predicted molar refractivity (Wildman–Crippen MR) is 229 cm³/mol. The van der Waals surface area contributed by atoms with Crippen molar-refractivity contribution in [3.05, 3.63) is 168 Å². The first-order valence-electron chi connectivity index (χ1n) is 19.7. The third kappa shape index (κ3) is 3.49. The number of anilines is 8. The SMILES string of the molecule is CC1(C)c2ccccc2N2B3c4ccccc4Oc4ccccc4N3c3c2c1c1c2c3C(C)(C)c3ccccc3N2B2c3ccccc3Oc3ccccc3N21. The van der Waals surface area contributed by atoms with Gasteiger partial charge in [0.1, 0.15) is 23.0 Å². The van der Waals surface area contributed by atoms with Crippen LogP contribution < -0.4 is 39.6 Å². The molecule has 6 aliphatic rings. The van der Waals surface area contributed by atoms with Crippen LogP contribution in [0.2, 0.25) is 0 Å². The Morgan fingerprint density at radius 2 is 0.661 bits per heavy atom. The zero-order valence-corrected chi connectivity index (χ0v) is 31.6. The van der Waals surface area contributed by atoms with E-state index < -0.39 is 0 Å². The van der Waals surface area contributed by atoms with Crippen LogP contribution >= 0.6 is 0 Å². The number of benzene rings is 7. The van der Waals surface area contributed by atoms with E-state index in [1.54, 1.807) is 0 Å². The van der Waals surface area contributed by atoms with Gasteiger partial charge in [0.2, 0.25) is 0 Å². The number of hydrogen-bond donors (Lipinski definition) is 0. The Balaban J connectivity index is 1.27. The Hall–Kier alpha value is -6.53. The van der Waals surface area contributed by atoms with Gasteiger partial charge in [-0.05, 0) is 59.7 Å². The van der Waals surface area contributed by atoms with Crippen LogP contribution in [0.3, 0.4) is 0 Å². The van der Waals surface area contributed by atoms with E-state index in [0.717, 1.165) is 45.3 Å². The summed E-state index contributed by atoms with van der Waals surface area (Å²) >= 11 is 0. The number of ether oxygens (including phenoxy) is 2. The first kappa shape index (κ1) is 30.8. The van der Waals surface area contributed by atoms with E-state index in [1.807, 2.05) is 0 Å². The highest BCUT2D eigenvalue weighted by Crippen LogP contribution is 2.71. The van der Waals surface area contributed by atoms with Gasteiger partial charge in [0.15, 0.2) is 0 Å². The summed E-state index contributed by atoms with van der Waals surface area (Å²) in [6.45, 7) is 9.34. The zero-order chi connectivity index (χ0) is 37.2. The van der Waals surface area contributed by atoms with Crippen molar-refractivity contribution in [2.45, 2.75) is 38.5 Å². The van der Waals surface area contributed by atoms with Crippen molar-refractivity contribution in [2.75, 3.05) is 19.2 Å². The maximum Gasteiger partial charge on any atom is 0.424 e. The van der Waals surface area contributed by atoms with Gasteiger partial charge in [-0.3, -0.25) is 0 Å². The fourth-order valence-corrected chi connectivity index (χ4v) is 11.1. The summed E-state index contributed by atoms with van der Waals surface area (Å²) in [6, 6.07) is 52.6. The lowest BCUT2D eigenvalue weighted by Gasteiger charge is -2.46. The first-order chi connectivity index (χ1) is 27.4. The largest absolute Gasteiger partial charge is 0.456 e. The molecule has 0 saturated carbocycles. The number of hydrogen-bond acceptors (Lipinski definition) is 6. The van der Waals surface area contributed by atoms with E-state index >= 15 is 0 Å². The Bertz CT molecular complexity index is 2710. The Labute approximate surface area is 327 Å². The van der Waals surface area contributed by atoms with Crippen molar-refractivity contribution >= 4 is 70.4 Å². The van der Waals surface area contributed by atoms with Gasteiger partial charge in [0, 0.05) is 44.3 Å². The van der Waals surface area contributed by atoms with Gasteiger partial charge in [0.25, 0.3) is 0 Å². The standard InChI is InChI=1S/C48H36B2N4O2/c1-47(2)29-17-5-9-21-33(29)51-43-41(47)45-44-42(46(43)54-36-24-12-16-28-40(36)56-37-25-13-7-19-31(37)49(51)54)48(3,4)30-18-6-10-22-34(30)52(44)50-32-20-8-14-26-38(32)55-39-27-15-11-23-35(39)53(45)50/h5-28H,1-4H3. The van der Waals surface area contributed by atoms with E-state index in [2.05, 4.69) is 193 Å². The molecule has 0 N–H and O–H groups in total. The average Bonchev–Trinajstić information content (AvgIpc) is 3.63. The van der Waals surface area contributed by atoms with Gasteiger partial charge < -0.3 is 28.7 Å². The van der Waals surface area contributed by atoms with Crippen molar-refractivity contribution in [2.24, 2.45) is 0 Å². The van der Waals surface area contributed by atoms with Gasteiger partial charge in [-0.1, -0.05) is 125 Å². The maximum absolute atomic E-state index is 6.90. The van der Waals surface area contributed by atoms with Crippen LogP contribution in [0.25, 0.3) is 0 Å². The highest BCUT2D eigenvalue weighted by atomic mass is 16.5. The molecule has 6 heterocycles. The molecular weight excluding hydrogens is 686 g/mol. The summed E-state index contributed by atoms with van der Waals surface area (Å²) in [4.78, 5) is 10.5. The van der Waals surface area contributed by atoms with Crippen molar-refractivity contribution in [1.29, 1.82) is 0 Å². The smallest absolute Gasteiger partial charge is 0.424 e. The number of rotatable bonds is 0. The van der Waals surface area contributed by atoms with Crippen LogP contribution in [-0.4, -0.2) is 14.0 Å². The molecule has 0 radical (unpaired) electrons. The number of nitrogens with zero attached hydrogens (tertiary/aromatic N) is 4. The fraction of sp³-hybridized carbons (Fsp3) is 0.125. The Morgan fingerprint density at radius 1 is 0.357 bits per heavy atom. The lowest BCUT2D eigenvalue weighted by molar-refractivity contribution is 0.489. The van der Waals surface area contributed by atoms with Gasteiger partial charge >= 0.3 is 14.0 Å². The lowest BCUT2D eigenvalue weighted by atomic mass is 9.61. The van der Waals surface area contributed by atoms with Crippen molar-refractivity contribution < 1.29 is 9.47 Å². The van der Waals surface area contributed by atoms with E-state index in [4.69, 9.17) is 9.47 Å². The molecule has 266 valence electrons. The van der Waals surface area contributed by atoms with Crippen LogP contribution in [-0.2, 0) is 10.8 Å². The van der Waals surface area contributed by atoms with Gasteiger partial charge in [-0.25, -0.2) is 0 Å². The molecule has 13 rings (SSSR count). The van der Waals surface area contributed by atoms with Gasteiger partial charge in [-0.2, -0.15) is 0 Å². The molecule has 0 aliphatic carbocycles. The summed E-state index contributed by atoms with van der Waals surface area (Å²) in [6.07, 6.45) is 0. The minimum Gasteiger partial charge on any atom is -0.456 e. The highest BCUT2D eigenvalue weighted by Gasteiger charge is 2.62. The average molecular weight is 722 g/mol. The molecule has 0 amide bonds.